The van der Waals surface area contributed by atoms with Crippen LogP contribution in [0.15, 0.2) is 16.2 Å². The highest BCUT2D eigenvalue weighted by Crippen LogP contribution is 2.14. The van der Waals surface area contributed by atoms with Crippen molar-refractivity contribution in [1.29, 1.82) is 0 Å². The van der Waals surface area contributed by atoms with Crippen LogP contribution in [0.1, 0.15) is 19.3 Å². The van der Waals surface area contributed by atoms with Crippen molar-refractivity contribution in [1.82, 2.24) is 9.55 Å². The molecule has 0 atom stereocenters. The van der Waals surface area contributed by atoms with E-state index in [1.54, 1.807) is 0 Å². The summed E-state index contributed by atoms with van der Waals surface area (Å²) in [5, 5.41) is 12.1. The Morgan fingerprint density at radius 1 is 1.50 bits per heavy atom. The normalized spacial score (nSPS) is 10.9. The summed E-state index contributed by atoms with van der Waals surface area (Å²) >= 11 is 6.48. The number of nitrogens with one attached hydrogen (secondary N) is 1. The first-order valence-electron chi connectivity index (χ1n) is 5.50. The summed E-state index contributed by atoms with van der Waals surface area (Å²) in [6.45, 7) is 0.426. The van der Waals surface area contributed by atoms with Crippen LogP contribution in [0.3, 0.4) is 0 Å². The van der Waals surface area contributed by atoms with Crippen LogP contribution < -0.4 is 10.7 Å². The second-order valence-electron chi connectivity index (χ2n) is 3.88. The number of hydrogen-bond donors (Lipinski definition) is 1. The Labute approximate surface area is 112 Å². The summed E-state index contributed by atoms with van der Waals surface area (Å²) < 4.78 is 2.49. The molecule has 0 bridgehead atoms. The molecule has 0 spiro atoms. The van der Waals surface area contributed by atoms with E-state index in [0.717, 1.165) is 5.52 Å². The van der Waals surface area contributed by atoms with Gasteiger partial charge in [-0.2, -0.15) is 0 Å². The first-order chi connectivity index (χ1) is 8.59. The zero-order valence-corrected chi connectivity index (χ0v) is 11.1. The van der Waals surface area contributed by atoms with Gasteiger partial charge in [-0.15, -0.1) is 11.3 Å². The van der Waals surface area contributed by atoms with Crippen LogP contribution in [0.2, 0.25) is 0 Å². The number of aliphatic carboxylic acids is 1. The van der Waals surface area contributed by atoms with E-state index < -0.39 is 5.97 Å². The minimum Gasteiger partial charge on any atom is -0.550 e. The summed E-state index contributed by atoms with van der Waals surface area (Å²) in [6.07, 6.45) is 1.07. The molecule has 0 saturated heterocycles. The Morgan fingerprint density at radius 2 is 2.28 bits per heavy atom. The maximum absolute atomic E-state index is 12.1. The largest absolute Gasteiger partial charge is 0.550 e. The number of nitrogens with zero attached hydrogens (tertiary/aromatic N) is 1. The molecule has 18 heavy (non-hydrogen) atoms. The number of carboxylic acids is 1. The minimum absolute atomic E-state index is 0.00642. The number of carbonyl (C=O) groups is 1. The average molecular weight is 283 g/mol. The van der Waals surface area contributed by atoms with E-state index in [1.807, 2.05) is 11.4 Å². The lowest BCUT2D eigenvalue weighted by Gasteiger charge is -2.06. The van der Waals surface area contributed by atoms with Gasteiger partial charge in [0.15, 0.2) is 4.77 Å². The first-order valence-corrected chi connectivity index (χ1v) is 6.78. The van der Waals surface area contributed by atoms with Crippen LogP contribution in [-0.4, -0.2) is 15.5 Å². The van der Waals surface area contributed by atoms with Gasteiger partial charge in [-0.3, -0.25) is 9.36 Å². The van der Waals surface area contributed by atoms with Crippen LogP contribution >= 0.6 is 23.6 Å². The zero-order valence-electron chi connectivity index (χ0n) is 9.47. The monoisotopic (exact) mass is 283 g/mol. The molecule has 0 aliphatic heterocycles. The van der Waals surface area contributed by atoms with E-state index >= 15 is 0 Å². The highest BCUT2D eigenvalue weighted by Gasteiger charge is 2.06. The van der Waals surface area contributed by atoms with Gasteiger partial charge in [0.1, 0.15) is 4.70 Å². The topological polar surface area (TPSA) is 77.9 Å². The third-order valence-electron chi connectivity index (χ3n) is 2.60. The van der Waals surface area contributed by atoms with E-state index in [4.69, 9.17) is 12.2 Å². The van der Waals surface area contributed by atoms with Gasteiger partial charge in [0.05, 0.1) is 5.52 Å². The average Bonchev–Trinajstić information content (AvgIpc) is 2.75. The molecule has 0 radical (unpaired) electrons. The Bertz CT molecular complexity index is 683. The number of aromatic amines is 1. The number of aromatic nitrogens is 2. The predicted molar refractivity (Wildman–Crippen MR) is 70.1 cm³/mol. The van der Waals surface area contributed by atoms with E-state index in [9.17, 15) is 14.7 Å². The molecule has 0 saturated carbocycles. The molecule has 0 unspecified atom stereocenters. The fourth-order valence-electron chi connectivity index (χ4n) is 1.71. The van der Waals surface area contributed by atoms with Gasteiger partial charge >= 0.3 is 0 Å². The SMILES string of the molecule is O=C([O-])CCCCn1c(=S)[nH]c2ccsc2c1=O. The summed E-state index contributed by atoms with van der Waals surface area (Å²) in [4.78, 5) is 25.4. The lowest BCUT2D eigenvalue weighted by atomic mass is 10.2. The van der Waals surface area contributed by atoms with Crippen molar-refractivity contribution in [3.05, 3.63) is 26.6 Å². The van der Waals surface area contributed by atoms with Crippen molar-refractivity contribution in [2.45, 2.75) is 25.8 Å². The van der Waals surface area contributed by atoms with E-state index in [0.29, 0.717) is 28.9 Å². The standard InChI is InChI=1S/C11H12N2O3S2/c14-8(15)3-1-2-5-13-10(16)9-7(4-6-18-9)12-11(13)17/h4,6H,1-3,5H2,(H,12,17)(H,14,15)/p-1. The fourth-order valence-corrected chi connectivity index (χ4v) is 2.79. The Morgan fingerprint density at radius 3 is 3.00 bits per heavy atom. The maximum atomic E-state index is 12.1. The summed E-state index contributed by atoms with van der Waals surface area (Å²) in [7, 11) is 0. The highest BCUT2D eigenvalue weighted by molar-refractivity contribution is 7.71. The van der Waals surface area contributed by atoms with Crippen LogP contribution in [0.5, 0.6) is 0 Å². The molecule has 5 nitrogen and oxygen atoms in total. The maximum Gasteiger partial charge on any atom is 0.272 e. The molecule has 0 aromatic carbocycles. The van der Waals surface area contributed by atoms with Crippen molar-refractivity contribution < 1.29 is 9.90 Å². The van der Waals surface area contributed by atoms with Gasteiger partial charge in [0.2, 0.25) is 0 Å². The molecule has 2 rings (SSSR count). The molecule has 0 aliphatic rings. The summed E-state index contributed by atoms with van der Waals surface area (Å²) in [5.41, 5.74) is 0.637. The summed E-state index contributed by atoms with van der Waals surface area (Å²) in [5.74, 6) is -1.07. The third-order valence-corrected chi connectivity index (χ3v) is 3.83. The number of hydrogen-bond acceptors (Lipinski definition) is 5. The second-order valence-corrected chi connectivity index (χ2v) is 5.18. The molecular formula is C11H11N2O3S2-. The number of rotatable bonds is 5. The van der Waals surface area contributed by atoms with Crippen molar-refractivity contribution in [3.63, 3.8) is 0 Å². The number of fused-ring (bicyclic) bond motifs is 1. The molecule has 1 N–H and O–H groups in total. The van der Waals surface area contributed by atoms with E-state index in [2.05, 4.69) is 4.98 Å². The molecule has 2 aromatic heterocycles. The molecule has 7 heteroatoms. The molecule has 0 fully saturated rings. The quantitative estimate of drug-likeness (QED) is 0.657. The third kappa shape index (κ3) is 2.68. The minimum atomic E-state index is -1.07. The number of carboxylic acid groups (broad SMARTS) is 1. The summed E-state index contributed by atoms with van der Waals surface area (Å²) in [6, 6.07) is 1.82. The number of carbonyl (C=O) groups excluding carboxylic acids is 1. The van der Waals surface area contributed by atoms with Gasteiger partial charge in [0, 0.05) is 12.5 Å². The molecule has 0 amide bonds. The molecular weight excluding hydrogens is 272 g/mol. The van der Waals surface area contributed by atoms with Crippen molar-refractivity contribution >= 4 is 39.7 Å². The number of thiophene rings is 1. The van der Waals surface area contributed by atoms with Crippen LogP contribution in [-0.2, 0) is 11.3 Å². The van der Waals surface area contributed by atoms with Crippen molar-refractivity contribution in [3.8, 4) is 0 Å². The molecule has 2 heterocycles. The van der Waals surface area contributed by atoms with Gasteiger partial charge in [-0.25, -0.2) is 0 Å². The van der Waals surface area contributed by atoms with Gasteiger partial charge in [-0.1, -0.05) is 0 Å². The smallest absolute Gasteiger partial charge is 0.272 e. The Kier molecular flexibility index (Phi) is 3.93. The molecule has 96 valence electrons. The Balaban J connectivity index is 2.20. The zero-order chi connectivity index (χ0) is 13.1. The number of H-pyrrole nitrogens is 1. The lowest BCUT2D eigenvalue weighted by molar-refractivity contribution is -0.305. The van der Waals surface area contributed by atoms with Crippen LogP contribution in [0, 0.1) is 4.77 Å². The van der Waals surface area contributed by atoms with Crippen LogP contribution in [0.25, 0.3) is 10.2 Å². The predicted octanol–water partition coefficient (Wildman–Crippen LogP) is 1.04. The van der Waals surface area contributed by atoms with Gasteiger partial charge in [-0.05, 0) is 42.9 Å². The van der Waals surface area contributed by atoms with Crippen molar-refractivity contribution in [2.75, 3.05) is 0 Å². The number of unbranched alkanes of at least 4 members (excludes halogenated alkanes) is 1. The van der Waals surface area contributed by atoms with E-state index in [1.165, 1.54) is 15.9 Å². The first kappa shape index (κ1) is 13.0. The fraction of sp³-hybridized carbons (Fsp3) is 0.364. The van der Waals surface area contributed by atoms with Gasteiger partial charge < -0.3 is 14.9 Å². The lowest BCUT2D eigenvalue weighted by Crippen LogP contribution is -2.23. The second kappa shape index (κ2) is 5.45. The van der Waals surface area contributed by atoms with Crippen LogP contribution in [0.4, 0.5) is 0 Å². The Hall–Kier alpha value is -1.47. The molecule has 0 aliphatic carbocycles. The van der Waals surface area contributed by atoms with Gasteiger partial charge in [0.25, 0.3) is 5.56 Å². The van der Waals surface area contributed by atoms with E-state index in [-0.39, 0.29) is 12.0 Å². The highest BCUT2D eigenvalue weighted by atomic mass is 32.1. The molecule has 2 aromatic rings. The van der Waals surface area contributed by atoms with Crippen molar-refractivity contribution in [2.24, 2.45) is 0 Å².